The summed E-state index contributed by atoms with van der Waals surface area (Å²) >= 11 is 0. The summed E-state index contributed by atoms with van der Waals surface area (Å²) in [5.41, 5.74) is 2.75. The molecule has 1 aliphatic heterocycles. The smallest absolute Gasteiger partial charge is 0.251 e. The van der Waals surface area contributed by atoms with Gasteiger partial charge in [-0.1, -0.05) is 12.1 Å². The summed E-state index contributed by atoms with van der Waals surface area (Å²) < 4.78 is 1.77. The van der Waals surface area contributed by atoms with E-state index in [-0.39, 0.29) is 36.1 Å². The molecule has 0 radical (unpaired) electrons. The molecule has 3 rings (SSSR count). The van der Waals surface area contributed by atoms with Crippen LogP contribution >= 0.6 is 12.4 Å². The maximum atomic E-state index is 12.6. The van der Waals surface area contributed by atoms with Crippen molar-refractivity contribution in [3.05, 3.63) is 53.3 Å². The standard InChI is InChI=1S/C19H25N5O2.ClH/c1-20-18(25)14-5-3-4-13(8-14)6-7-22-19(26)17-11-21-10-16(17)15-9-23-24(2)12-15;/h3-5,8-9,12,16-17,21H,6-7,10-11H2,1-2H3,(H,20,25)(H,22,26);1H/t16-,17+;/m1./s1. The van der Waals surface area contributed by atoms with E-state index in [1.54, 1.807) is 17.8 Å². The first-order chi connectivity index (χ1) is 12.6. The van der Waals surface area contributed by atoms with Crippen LogP contribution in [0.15, 0.2) is 36.7 Å². The van der Waals surface area contributed by atoms with Crippen molar-refractivity contribution in [3.63, 3.8) is 0 Å². The lowest BCUT2D eigenvalue weighted by atomic mass is 9.90. The fraction of sp³-hybridized carbons (Fsp3) is 0.421. The van der Waals surface area contributed by atoms with Gasteiger partial charge in [-0.05, 0) is 29.7 Å². The zero-order chi connectivity index (χ0) is 18.5. The summed E-state index contributed by atoms with van der Waals surface area (Å²) in [5.74, 6) is 0.0234. The lowest BCUT2D eigenvalue weighted by molar-refractivity contribution is -0.124. The number of aryl methyl sites for hydroxylation is 1. The van der Waals surface area contributed by atoms with Crippen molar-refractivity contribution < 1.29 is 9.59 Å². The molecule has 7 nitrogen and oxygen atoms in total. The zero-order valence-corrected chi connectivity index (χ0v) is 16.4. The normalized spacial score (nSPS) is 18.6. The Morgan fingerprint density at radius 1 is 1.33 bits per heavy atom. The van der Waals surface area contributed by atoms with Crippen LogP contribution in [-0.4, -0.2) is 48.3 Å². The highest BCUT2D eigenvalue weighted by Gasteiger charge is 2.34. The van der Waals surface area contributed by atoms with Gasteiger partial charge in [-0.15, -0.1) is 12.4 Å². The Morgan fingerprint density at radius 2 is 2.15 bits per heavy atom. The Hall–Kier alpha value is -2.38. The average molecular weight is 392 g/mol. The minimum absolute atomic E-state index is 0. The molecular formula is C19H26ClN5O2. The van der Waals surface area contributed by atoms with Crippen molar-refractivity contribution in [2.45, 2.75) is 12.3 Å². The summed E-state index contributed by atoms with van der Waals surface area (Å²) in [6.07, 6.45) is 4.50. The number of amides is 2. The van der Waals surface area contributed by atoms with E-state index in [0.717, 1.165) is 17.7 Å². The number of carbonyl (C=O) groups is 2. The summed E-state index contributed by atoms with van der Waals surface area (Å²) in [4.78, 5) is 24.3. The Morgan fingerprint density at radius 3 is 2.85 bits per heavy atom. The molecule has 0 bridgehead atoms. The fourth-order valence-electron chi connectivity index (χ4n) is 3.41. The fourth-order valence-corrected chi connectivity index (χ4v) is 3.41. The van der Waals surface area contributed by atoms with Crippen LogP contribution in [-0.2, 0) is 18.3 Å². The van der Waals surface area contributed by atoms with Gasteiger partial charge in [-0.3, -0.25) is 14.3 Å². The van der Waals surface area contributed by atoms with Crippen LogP contribution in [0.25, 0.3) is 0 Å². The van der Waals surface area contributed by atoms with Crippen LogP contribution in [0.4, 0.5) is 0 Å². The topological polar surface area (TPSA) is 88.1 Å². The third-order valence-corrected chi connectivity index (χ3v) is 4.83. The molecule has 2 heterocycles. The minimum atomic E-state index is -0.104. The monoisotopic (exact) mass is 391 g/mol. The highest BCUT2D eigenvalue weighted by molar-refractivity contribution is 5.94. The largest absolute Gasteiger partial charge is 0.355 e. The van der Waals surface area contributed by atoms with Crippen molar-refractivity contribution in [3.8, 4) is 0 Å². The van der Waals surface area contributed by atoms with Crippen LogP contribution in [0.2, 0.25) is 0 Å². The van der Waals surface area contributed by atoms with Crippen molar-refractivity contribution >= 4 is 24.2 Å². The number of hydrogen-bond acceptors (Lipinski definition) is 4. The highest BCUT2D eigenvalue weighted by atomic mass is 35.5. The molecular weight excluding hydrogens is 366 g/mol. The number of nitrogens with zero attached hydrogens (tertiary/aromatic N) is 2. The molecule has 146 valence electrons. The first-order valence-corrected chi connectivity index (χ1v) is 8.86. The van der Waals surface area contributed by atoms with E-state index >= 15 is 0 Å². The first-order valence-electron chi connectivity index (χ1n) is 8.86. The Balaban J connectivity index is 0.00000261. The van der Waals surface area contributed by atoms with Gasteiger partial charge in [0.1, 0.15) is 0 Å². The van der Waals surface area contributed by atoms with Gasteiger partial charge >= 0.3 is 0 Å². The molecule has 0 saturated carbocycles. The molecule has 1 fully saturated rings. The van der Waals surface area contributed by atoms with Crippen LogP contribution < -0.4 is 16.0 Å². The molecule has 27 heavy (non-hydrogen) atoms. The van der Waals surface area contributed by atoms with Crippen LogP contribution in [0.3, 0.4) is 0 Å². The minimum Gasteiger partial charge on any atom is -0.355 e. The van der Waals surface area contributed by atoms with Gasteiger partial charge in [0.15, 0.2) is 0 Å². The van der Waals surface area contributed by atoms with Gasteiger partial charge in [0.25, 0.3) is 5.91 Å². The molecule has 8 heteroatoms. The van der Waals surface area contributed by atoms with E-state index in [1.807, 2.05) is 37.6 Å². The van der Waals surface area contributed by atoms with Gasteiger partial charge in [-0.2, -0.15) is 5.10 Å². The second-order valence-corrected chi connectivity index (χ2v) is 6.64. The van der Waals surface area contributed by atoms with Crippen LogP contribution in [0.5, 0.6) is 0 Å². The zero-order valence-electron chi connectivity index (χ0n) is 15.6. The molecule has 3 N–H and O–H groups in total. The van der Waals surface area contributed by atoms with E-state index in [9.17, 15) is 9.59 Å². The number of rotatable bonds is 6. The van der Waals surface area contributed by atoms with Crippen LogP contribution in [0.1, 0.15) is 27.4 Å². The maximum Gasteiger partial charge on any atom is 0.251 e. The molecule has 1 aliphatic rings. The second-order valence-electron chi connectivity index (χ2n) is 6.64. The number of halogens is 1. The molecule has 0 aliphatic carbocycles. The highest BCUT2D eigenvalue weighted by Crippen LogP contribution is 2.27. The third-order valence-electron chi connectivity index (χ3n) is 4.83. The first kappa shape index (κ1) is 20.9. The lowest BCUT2D eigenvalue weighted by Crippen LogP contribution is -2.35. The van der Waals surface area contributed by atoms with Crippen molar-refractivity contribution in [2.24, 2.45) is 13.0 Å². The van der Waals surface area contributed by atoms with E-state index in [4.69, 9.17) is 0 Å². The van der Waals surface area contributed by atoms with Gasteiger partial charge in [0, 0.05) is 51.4 Å². The molecule has 1 saturated heterocycles. The number of aromatic nitrogens is 2. The SMILES string of the molecule is CNC(=O)c1cccc(CCNC(=O)[C@H]2CNC[C@@H]2c2cnn(C)c2)c1.Cl. The van der Waals surface area contributed by atoms with Gasteiger partial charge in [0.2, 0.25) is 5.91 Å². The van der Waals surface area contributed by atoms with Gasteiger partial charge in [0.05, 0.1) is 12.1 Å². The molecule has 2 atom stereocenters. The Bertz CT molecular complexity index is 792. The Kier molecular flexibility index (Phi) is 7.38. The van der Waals surface area contributed by atoms with E-state index in [1.165, 1.54) is 0 Å². The molecule has 0 spiro atoms. The average Bonchev–Trinajstić information content (AvgIpc) is 3.30. The van der Waals surface area contributed by atoms with Gasteiger partial charge in [-0.25, -0.2) is 0 Å². The molecule has 1 aromatic carbocycles. The summed E-state index contributed by atoms with van der Waals surface area (Å²) in [7, 11) is 3.50. The molecule has 2 amide bonds. The predicted octanol–water partition coefficient (Wildman–Crippen LogP) is 0.863. The number of nitrogens with one attached hydrogen (secondary N) is 3. The Labute approximate surface area is 165 Å². The van der Waals surface area contributed by atoms with E-state index < -0.39 is 0 Å². The summed E-state index contributed by atoms with van der Waals surface area (Å²) in [6, 6.07) is 7.47. The molecule has 2 aromatic rings. The number of benzene rings is 1. The van der Waals surface area contributed by atoms with Crippen molar-refractivity contribution in [2.75, 3.05) is 26.7 Å². The molecule has 1 aromatic heterocycles. The van der Waals surface area contributed by atoms with Crippen molar-refractivity contribution in [1.29, 1.82) is 0 Å². The summed E-state index contributed by atoms with van der Waals surface area (Å²) in [5, 5.41) is 13.2. The lowest BCUT2D eigenvalue weighted by Gasteiger charge is -2.17. The number of carbonyl (C=O) groups excluding carboxylic acids is 2. The van der Waals surface area contributed by atoms with Crippen LogP contribution in [0, 0.1) is 5.92 Å². The quantitative estimate of drug-likeness (QED) is 0.681. The van der Waals surface area contributed by atoms with Crippen molar-refractivity contribution in [1.82, 2.24) is 25.7 Å². The van der Waals surface area contributed by atoms with E-state index in [2.05, 4.69) is 21.0 Å². The molecule has 0 unspecified atom stereocenters. The van der Waals surface area contributed by atoms with E-state index in [0.29, 0.717) is 25.1 Å². The number of hydrogen-bond donors (Lipinski definition) is 3. The van der Waals surface area contributed by atoms with Gasteiger partial charge < -0.3 is 16.0 Å². The maximum absolute atomic E-state index is 12.6. The third kappa shape index (κ3) is 5.08. The predicted molar refractivity (Wildman–Crippen MR) is 106 cm³/mol. The second kappa shape index (κ2) is 9.53. The summed E-state index contributed by atoms with van der Waals surface area (Å²) in [6.45, 7) is 2.02.